The molecule has 13 heteroatoms. The third kappa shape index (κ3) is 5.85. The highest BCUT2D eigenvalue weighted by atomic mass is 32.2. The van der Waals surface area contributed by atoms with Crippen molar-refractivity contribution in [2.75, 3.05) is 16.8 Å². The predicted octanol–water partition coefficient (Wildman–Crippen LogP) is 2.57. The van der Waals surface area contributed by atoms with E-state index in [0.29, 0.717) is 11.4 Å². The van der Waals surface area contributed by atoms with Crippen molar-refractivity contribution in [3.63, 3.8) is 0 Å². The number of hydrogen-bond donors (Lipinski definition) is 3. The number of carbonyl (C=O) groups is 2. The zero-order chi connectivity index (χ0) is 25.8. The Hall–Kier alpha value is -3.87. The number of nitrogens with one attached hydrogen (secondary N) is 3. The minimum absolute atomic E-state index is 0.00302. The molecule has 9 nitrogen and oxygen atoms in total. The van der Waals surface area contributed by atoms with Crippen LogP contribution in [-0.4, -0.2) is 48.0 Å². The Morgan fingerprint density at radius 1 is 1.06 bits per heavy atom. The quantitative estimate of drug-likeness (QED) is 0.439. The van der Waals surface area contributed by atoms with Crippen LogP contribution < -0.4 is 16.0 Å². The predicted molar refractivity (Wildman–Crippen MR) is 126 cm³/mol. The van der Waals surface area contributed by atoms with Gasteiger partial charge in [0.2, 0.25) is 5.91 Å². The molecule has 2 atom stereocenters. The maximum Gasteiger partial charge on any atom is 0.418 e. The Labute approximate surface area is 206 Å². The highest BCUT2D eigenvalue weighted by molar-refractivity contribution is 7.85. The zero-order valence-corrected chi connectivity index (χ0v) is 19.5. The largest absolute Gasteiger partial charge is 0.418 e. The topological polar surface area (TPSA) is 126 Å². The number of amides is 2. The number of para-hydroxylation sites is 1. The summed E-state index contributed by atoms with van der Waals surface area (Å²) < 4.78 is 51.7. The summed E-state index contributed by atoms with van der Waals surface area (Å²) in [5.41, 5.74) is -1.33. The number of pyridine rings is 1. The summed E-state index contributed by atoms with van der Waals surface area (Å²) in [5, 5.41) is 8.09. The first-order valence-corrected chi connectivity index (χ1v) is 12.2. The standard InChI is InChI=1S/C23H21F3N6O3S/c24-23(25,26)18-3-1-2-4-19(18)31-17-6-5-16(29-12-17)11-30-21(34)22(7-8-36(35)13-22)32-20(33)15-9-27-14-28-10-15/h1-6,9-10,12,14,31H,7-8,11,13H2,(H,30,34)(H,32,33). The van der Waals surface area contributed by atoms with Crippen molar-refractivity contribution in [2.45, 2.75) is 24.7 Å². The van der Waals surface area contributed by atoms with Gasteiger partial charge in [-0.25, -0.2) is 9.97 Å². The molecule has 3 heterocycles. The van der Waals surface area contributed by atoms with Gasteiger partial charge in [0.1, 0.15) is 11.9 Å². The molecule has 36 heavy (non-hydrogen) atoms. The van der Waals surface area contributed by atoms with Crippen LogP contribution >= 0.6 is 0 Å². The summed E-state index contributed by atoms with van der Waals surface area (Å²) in [5.74, 6) is -0.844. The molecule has 1 fully saturated rings. The summed E-state index contributed by atoms with van der Waals surface area (Å²) in [4.78, 5) is 37.4. The molecule has 1 aliphatic rings. The van der Waals surface area contributed by atoms with Crippen LogP contribution in [0.5, 0.6) is 0 Å². The second-order valence-electron chi connectivity index (χ2n) is 8.09. The highest BCUT2D eigenvalue weighted by Crippen LogP contribution is 2.35. The fraction of sp³-hybridized carbons (Fsp3) is 0.261. The molecule has 3 aromatic rings. The summed E-state index contributed by atoms with van der Waals surface area (Å²) in [6.07, 6.45) is 0.932. The number of nitrogens with zero attached hydrogens (tertiary/aromatic N) is 3. The van der Waals surface area contributed by atoms with Crippen LogP contribution in [0.2, 0.25) is 0 Å². The number of halogens is 3. The van der Waals surface area contributed by atoms with Gasteiger partial charge in [-0.1, -0.05) is 12.1 Å². The van der Waals surface area contributed by atoms with E-state index in [1.807, 2.05) is 0 Å². The second kappa shape index (κ2) is 10.4. The maximum atomic E-state index is 13.2. The van der Waals surface area contributed by atoms with Crippen molar-refractivity contribution in [3.05, 3.63) is 78.1 Å². The smallest absolute Gasteiger partial charge is 0.354 e. The van der Waals surface area contributed by atoms with Crippen LogP contribution in [0.1, 0.15) is 28.0 Å². The molecule has 2 amide bonds. The van der Waals surface area contributed by atoms with Gasteiger partial charge in [0.15, 0.2) is 0 Å². The third-order valence-electron chi connectivity index (χ3n) is 5.54. The fourth-order valence-corrected chi connectivity index (χ4v) is 5.30. The van der Waals surface area contributed by atoms with Crippen LogP contribution in [0.25, 0.3) is 0 Å². The summed E-state index contributed by atoms with van der Waals surface area (Å²) >= 11 is 0. The van der Waals surface area contributed by atoms with Gasteiger partial charge in [0, 0.05) is 28.9 Å². The molecule has 2 unspecified atom stereocenters. The molecule has 188 valence electrons. The van der Waals surface area contributed by atoms with Gasteiger partial charge in [0.05, 0.1) is 46.7 Å². The van der Waals surface area contributed by atoms with Gasteiger partial charge in [-0.3, -0.25) is 18.8 Å². The van der Waals surface area contributed by atoms with Gasteiger partial charge in [-0.2, -0.15) is 13.2 Å². The molecule has 1 saturated heterocycles. The van der Waals surface area contributed by atoms with E-state index in [0.717, 1.165) is 6.07 Å². The van der Waals surface area contributed by atoms with E-state index >= 15 is 0 Å². The van der Waals surface area contributed by atoms with E-state index in [4.69, 9.17) is 0 Å². The summed E-state index contributed by atoms with van der Waals surface area (Å²) in [6.45, 7) is -0.00302. The number of aromatic nitrogens is 3. The first-order chi connectivity index (χ1) is 17.2. The lowest BCUT2D eigenvalue weighted by atomic mass is 9.97. The van der Waals surface area contributed by atoms with Crippen molar-refractivity contribution < 1.29 is 27.0 Å². The van der Waals surface area contributed by atoms with E-state index < -0.39 is 39.9 Å². The Morgan fingerprint density at radius 2 is 1.81 bits per heavy atom. The molecule has 0 bridgehead atoms. The SMILES string of the molecule is O=C(NC1(C(=O)NCc2ccc(Nc3ccccc3C(F)(F)F)cn2)CCS(=O)C1)c1cncnc1. The minimum Gasteiger partial charge on any atom is -0.354 e. The Bertz CT molecular complexity index is 1270. The minimum atomic E-state index is -4.51. The molecular weight excluding hydrogens is 497 g/mol. The number of carbonyl (C=O) groups excluding carboxylic acids is 2. The molecule has 0 aliphatic carbocycles. The van der Waals surface area contributed by atoms with E-state index in [1.165, 1.54) is 43.1 Å². The molecule has 1 aliphatic heterocycles. The zero-order valence-electron chi connectivity index (χ0n) is 18.7. The van der Waals surface area contributed by atoms with Crippen LogP contribution in [0.15, 0.2) is 61.3 Å². The van der Waals surface area contributed by atoms with Gasteiger partial charge in [-0.15, -0.1) is 0 Å². The monoisotopic (exact) mass is 518 g/mol. The summed E-state index contributed by atoms with van der Waals surface area (Å²) in [7, 11) is -1.28. The van der Waals surface area contributed by atoms with Gasteiger partial charge in [-0.05, 0) is 30.7 Å². The number of anilines is 2. The summed E-state index contributed by atoms with van der Waals surface area (Å²) in [6, 6.07) is 8.19. The van der Waals surface area contributed by atoms with Crippen molar-refractivity contribution in [1.29, 1.82) is 0 Å². The van der Waals surface area contributed by atoms with Crippen molar-refractivity contribution in [2.24, 2.45) is 0 Å². The Kier molecular flexibility index (Phi) is 7.29. The second-order valence-corrected chi connectivity index (χ2v) is 9.67. The molecule has 2 aromatic heterocycles. The molecule has 4 rings (SSSR count). The first kappa shape index (κ1) is 25.2. The van der Waals surface area contributed by atoms with Gasteiger partial charge < -0.3 is 16.0 Å². The average molecular weight is 519 g/mol. The van der Waals surface area contributed by atoms with Crippen molar-refractivity contribution in [3.8, 4) is 0 Å². The lowest BCUT2D eigenvalue weighted by Gasteiger charge is -2.28. The lowest BCUT2D eigenvalue weighted by molar-refractivity contribution is -0.137. The van der Waals surface area contributed by atoms with Gasteiger partial charge >= 0.3 is 6.18 Å². The average Bonchev–Trinajstić information content (AvgIpc) is 3.25. The van der Waals surface area contributed by atoms with Crippen LogP contribution in [0.3, 0.4) is 0 Å². The van der Waals surface area contributed by atoms with Crippen LogP contribution in [0.4, 0.5) is 24.5 Å². The van der Waals surface area contributed by atoms with Crippen LogP contribution in [-0.2, 0) is 28.3 Å². The van der Waals surface area contributed by atoms with Gasteiger partial charge in [0.25, 0.3) is 5.91 Å². The van der Waals surface area contributed by atoms with Crippen molar-refractivity contribution in [1.82, 2.24) is 25.6 Å². The number of benzene rings is 1. The Morgan fingerprint density at radius 3 is 2.44 bits per heavy atom. The maximum absolute atomic E-state index is 13.2. The number of hydrogen-bond acceptors (Lipinski definition) is 7. The van der Waals surface area contributed by atoms with Crippen molar-refractivity contribution >= 4 is 34.0 Å². The Balaban J connectivity index is 1.41. The van der Waals surface area contributed by atoms with E-state index in [1.54, 1.807) is 12.1 Å². The molecule has 0 radical (unpaired) electrons. The molecule has 1 aromatic carbocycles. The van der Waals surface area contributed by atoms with E-state index in [-0.39, 0.29) is 35.7 Å². The molecule has 0 saturated carbocycles. The van der Waals surface area contributed by atoms with Crippen LogP contribution in [0, 0.1) is 0 Å². The van der Waals surface area contributed by atoms with E-state index in [9.17, 15) is 27.0 Å². The molecule has 3 N–H and O–H groups in total. The molecular formula is C23H21F3N6O3S. The number of alkyl halides is 3. The fourth-order valence-electron chi connectivity index (χ4n) is 3.69. The lowest BCUT2D eigenvalue weighted by Crippen LogP contribution is -2.59. The normalized spacial score (nSPS) is 19.5. The number of rotatable bonds is 7. The third-order valence-corrected chi connectivity index (χ3v) is 7.01. The van der Waals surface area contributed by atoms with E-state index in [2.05, 4.69) is 30.9 Å². The highest BCUT2D eigenvalue weighted by Gasteiger charge is 2.46. The first-order valence-electron chi connectivity index (χ1n) is 10.8. The molecule has 0 spiro atoms.